The van der Waals surface area contributed by atoms with Crippen molar-refractivity contribution in [3.63, 3.8) is 0 Å². The zero-order chi connectivity index (χ0) is 10.3. The van der Waals surface area contributed by atoms with E-state index in [0.29, 0.717) is 10.4 Å². The van der Waals surface area contributed by atoms with Crippen molar-refractivity contribution in [2.75, 3.05) is 0 Å². The summed E-state index contributed by atoms with van der Waals surface area (Å²) in [7, 11) is 0. The molecule has 0 saturated carbocycles. The maximum Gasteiger partial charge on any atom is 0.218 e. The van der Waals surface area contributed by atoms with E-state index >= 15 is 0 Å². The number of benzene rings is 1. The van der Waals surface area contributed by atoms with Crippen LogP contribution in [0.25, 0.3) is 10.9 Å². The second kappa shape index (κ2) is 2.99. The van der Waals surface area contributed by atoms with E-state index in [1.807, 2.05) is 6.92 Å². The Morgan fingerprint density at radius 1 is 1.50 bits per heavy atom. The zero-order valence-corrected chi connectivity index (χ0v) is 8.18. The summed E-state index contributed by atoms with van der Waals surface area (Å²) in [6, 6.07) is 3.46. The highest BCUT2D eigenvalue weighted by Crippen LogP contribution is 2.37. The summed E-state index contributed by atoms with van der Waals surface area (Å²) in [5.41, 5.74) is 8.83. The third-order valence-corrected chi connectivity index (χ3v) is 2.35. The van der Waals surface area contributed by atoms with Gasteiger partial charge in [0.15, 0.2) is 5.69 Å². The van der Waals surface area contributed by atoms with Gasteiger partial charge in [0.2, 0.25) is 5.88 Å². The van der Waals surface area contributed by atoms with E-state index in [-0.39, 0.29) is 11.6 Å². The molecule has 0 aliphatic carbocycles. The molecule has 1 heterocycles. The van der Waals surface area contributed by atoms with Gasteiger partial charge >= 0.3 is 0 Å². The largest absolute Gasteiger partial charge is 0.493 e. The molecule has 1 aromatic heterocycles. The molecule has 0 fully saturated rings. The molecular formula is C9H8ClN3O. The molecule has 0 unspecified atom stereocenters. The number of aromatic nitrogens is 1. The second-order valence-electron chi connectivity index (χ2n) is 3.08. The van der Waals surface area contributed by atoms with Gasteiger partial charge < -0.3 is 10.1 Å². The van der Waals surface area contributed by atoms with Crippen LogP contribution in [-0.4, -0.2) is 10.1 Å². The number of halogens is 1. The normalized spacial score (nSPS) is 10.7. The van der Waals surface area contributed by atoms with Crippen molar-refractivity contribution in [3.05, 3.63) is 22.7 Å². The summed E-state index contributed by atoms with van der Waals surface area (Å²) >= 11 is 5.86. The first kappa shape index (κ1) is 9.02. The number of hydrogen-bond acceptors (Lipinski definition) is 3. The topological polar surface area (TPSA) is 72.2 Å². The number of H-pyrrole nitrogens is 1. The van der Waals surface area contributed by atoms with Crippen LogP contribution in [0.15, 0.2) is 17.2 Å². The van der Waals surface area contributed by atoms with Crippen molar-refractivity contribution >= 4 is 28.2 Å². The number of rotatable bonds is 1. The van der Waals surface area contributed by atoms with Crippen LogP contribution in [0.3, 0.4) is 0 Å². The quantitative estimate of drug-likeness (QED) is 0.618. The molecule has 5 heteroatoms. The Morgan fingerprint density at radius 2 is 2.21 bits per heavy atom. The van der Waals surface area contributed by atoms with Gasteiger partial charge in [0.25, 0.3) is 0 Å². The van der Waals surface area contributed by atoms with Gasteiger partial charge in [0, 0.05) is 10.4 Å². The first-order chi connectivity index (χ1) is 6.63. The van der Waals surface area contributed by atoms with Gasteiger partial charge in [-0.2, -0.15) is 5.11 Å². The SMILES string of the molecule is Cc1cc(Cl)cc2c(N=N)c(O)[nH]c12. The van der Waals surface area contributed by atoms with Crippen LogP contribution >= 0.6 is 11.6 Å². The van der Waals surface area contributed by atoms with Crippen LogP contribution in [0, 0.1) is 12.5 Å². The smallest absolute Gasteiger partial charge is 0.218 e. The average Bonchev–Trinajstić information content (AvgIpc) is 2.41. The average molecular weight is 210 g/mol. The minimum Gasteiger partial charge on any atom is -0.493 e. The summed E-state index contributed by atoms with van der Waals surface area (Å²) in [6.45, 7) is 1.87. The highest BCUT2D eigenvalue weighted by Gasteiger charge is 2.12. The summed E-state index contributed by atoms with van der Waals surface area (Å²) in [5, 5.41) is 13.9. The van der Waals surface area contributed by atoms with Crippen LogP contribution in [0.1, 0.15) is 5.56 Å². The lowest BCUT2D eigenvalue weighted by molar-refractivity contribution is 0.459. The van der Waals surface area contributed by atoms with E-state index in [9.17, 15) is 5.11 Å². The Balaban J connectivity index is 2.94. The predicted octanol–water partition coefficient (Wildman–Crippen LogP) is 3.50. The van der Waals surface area contributed by atoms with Gasteiger partial charge in [-0.3, -0.25) is 0 Å². The molecule has 0 atom stereocenters. The van der Waals surface area contributed by atoms with Crippen molar-refractivity contribution in [3.8, 4) is 5.88 Å². The minimum atomic E-state index is -0.0969. The molecule has 0 radical (unpaired) electrons. The molecule has 0 aliphatic heterocycles. The van der Waals surface area contributed by atoms with Crippen LogP contribution in [0.2, 0.25) is 5.02 Å². The van der Waals surface area contributed by atoms with Crippen LogP contribution in [0.4, 0.5) is 5.69 Å². The lowest BCUT2D eigenvalue weighted by atomic mass is 10.1. The monoisotopic (exact) mass is 209 g/mol. The van der Waals surface area contributed by atoms with E-state index in [1.165, 1.54) is 0 Å². The van der Waals surface area contributed by atoms with Gasteiger partial charge in [-0.15, -0.1) is 0 Å². The van der Waals surface area contributed by atoms with E-state index in [2.05, 4.69) is 10.1 Å². The maximum atomic E-state index is 9.44. The summed E-state index contributed by atoms with van der Waals surface area (Å²) < 4.78 is 0. The molecule has 14 heavy (non-hydrogen) atoms. The zero-order valence-electron chi connectivity index (χ0n) is 7.43. The maximum absolute atomic E-state index is 9.44. The number of nitrogens with zero attached hydrogens (tertiary/aromatic N) is 1. The van der Waals surface area contributed by atoms with Gasteiger partial charge in [-0.25, -0.2) is 5.53 Å². The number of aromatic amines is 1. The van der Waals surface area contributed by atoms with Gasteiger partial charge in [-0.1, -0.05) is 11.6 Å². The fourth-order valence-corrected chi connectivity index (χ4v) is 1.79. The molecule has 0 spiro atoms. The molecule has 3 N–H and O–H groups in total. The number of fused-ring (bicyclic) bond motifs is 1. The van der Waals surface area contributed by atoms with Crippen LogP contribution < -0.4 is 0 Å². The molecule has 0 bridgehead atoms. The highest BCUT2D eigenvalue weighted by atomic mass is 35.5. The van der Waals surface area contributed by atoms with E-state index in [4.69, 9.17) is 17.1 Å². The van der Waals surface area contributed by atoms with Crippen molar-refractivity contribution < 1.29 is 5.11 Å². The standard InChI is InChI=1S/C9H8ClN3O/c1-4-2-5(10)3-6-7(4)12-9(14)8(6)13-11/h2-3,11-12,14H,1H3. The van der Waals surface area contributed by atoms with Crippen LogP contribution in [-0.2, 0) is 0 Å². The Labute approximate surface area is 85.0 Å². The van der Waals surface area contributed by atoms with Gasteiger partial charge in [0.1, 0.15) is 0 Å². The molecule has 0 aliphatic rings. The van der Waals surface area contributed by atoms with Gasteiger partial charge in [0.05, 0.1) is 5.52 Å². The van der Waals surface area contributed by atoms with E-state index in [0.717, 1.165) is 11.1 Å². The minimum absolute atomic E-state index is 0.0969. The molecule has 2 rings (SSSR count). The molecular weight excluding hydrogens is 202 g/mol. The molecule has 4 nitrogen and oxygen atoms in total. The van der Waals surface area contributed by atoms with Crippen molar-refractivity contribution in [1.29, 1.82) is 5.53 Å². The lowest BCUT2D eigenvalue weighted by Gasteiger charge is -1.96. The van der Waals surface area contributed by atoms with Crippen molar-refractivity contribution in [1.82, 2.24) is 4.98 Å². The van der Waals surface area contributed by atoms with Gasteiger partial charge in [-0.05, 0) is 24.6 Å². The first-order valence-electron chi connectivity index (χ1n) is 4.01. The number of aromatic hydroxyl groups is 1. The first-order valence-corrected chi connectivity index (χ1v) is 4.39. The number of aryl methyl sites for hydroxylation is 1. The van der Waals surface area contributed by atoms with E-state index < -0.39 is 0 Å². The van der Waals surface area contributed by atoms with Crippen LogP contribution in [0.5, 0.6) is 5.88 Å². The number of hydrogen-bond donors (Lipinski definition) is 3. The van der Waals surface area contributed by atoms with Crippen molar-refractivity contribution in [2.45, 2.75) is 6.92 Å². The fraction of sp³-hybridized carbons (Fsp3) is 0.111. The Hall–Kier alpha value is -1.55. The molecule has 1 aromatic carbocycles. The predicted molar refractivity (Wildman–Crippen MR) is 54.5 cm³/mol. The lowest BCUT2D eigenvalue weighted by Crippen LogP contribution is -1.75. The second-order valence-corrected chi connectivity index (χ2v) is 3.52. The number of nitrogens with one attached hydrogen (secondary N) is 2. The molecule has 72 valence electrons. The fourth-order valence-electron chi connectivity index (χ4n) is 1.51. The Morgan fingerprint density at radius 3 is 2.86 bits per heavy atom. The third kappa shape index (κ3) is 1.15. The Bertz CT molecular complexity index is 518. The van der Waals surface area contributed by atoms with Crippen molar-refractivity contribution in [2.24, 2.45) is 5.11 Å². The summed E-state index contributed by atoms with van der Waals surface area (Å²) in [6.07, 6.45) is 0. The van der Waals surface area contributed by atoms with E-state index in [1.54, 1.807) is 12.1 Å². The molecule has 0 saturated heterocycles. The Kier molecular flexibility index (Phi) is 1.93. The highest BCUT2D eigenvalue weighted by molar-refractivity contribution is 6.31. The summed E-state index contributed by atoms with van der Waals surface area (Å²) in [4.78, 5) is 2.76. The molecule has 2 aromatic rings. The molecule has 0 amide bonds. The third-order valence-electron chi connectivity index (χ3n) is 2.13. The summed E-state index contributed by atoms with van der Waals surface area (Å²) in [5.74, 6) is -0.0969.